The Hall–Kier alpha value is -1.10. The number of rotatable bonds is 6. The minimum Gasteiger partial charge on any atom is -0.388 e. The van der Waals surface area contributed by atoms with Gasteiger partial charge in [-0.3, -0.25) is 0 Å². The fraction of sp³-hybridized carbons (Fsp3) is 0.500. The minimum atomic E-state index is -0.0566. The van der Waals surface area contributed by atoms with Crippen molar-refractivity contribution in [3.8, 4) is 0 Å². The van der Waals surface area contributed by atoms with Gasteiger partial charge in [0.15, 0.2) is 6.17 Å². The van der Waals surface area contributed by atoms with Crippen molar-refractivity contribution in [3.05, 3.63) is 34.9 Å². The maximum Gasteiger partial charge on any atom is 0.213 e. The normalized spacial score (nSPS) is 19.3. The van der Waals surface area contributed by atoms with Gasteiger partial charge in [0.1, 0.15) is 0 Å². The highest BCUT2D eigenvalue weighted by atomic mass is 35.5. The molecule has 1 aromatic rings. The lowest BCUT2D eigenvalue weighted by atomic mass is 10.2. The van der Waals surface area contributed by atoms with Crippen LogP contribution >= 0.6 is 11.6 Å². The van der Waals surface area contributed by atoms with Gasteiger partial charge in [0.05, 0.1) is 0 Å². The fourth-order valence-corrected chi connectivity index (χ4v) is 2.13. The highest BCUT2D eigenvalue weighted by Crippen LogP contribution is 2.29. The lowest BCUT2D eigenvalue weighted by molar-refractivity contribution is -0.0815. The molecule has 4 nitrogen and oxygen atoms in total. The number of aliphatic imine (C=N–C) groups is 1. The van der Waals surface area contributed by atoms with Gasteiger partial charge in [-0.2, -0.15) is 0 Å². The Morgan fingerprint density at radius 1 is 1.32 bits per heavy atom. The number of halogens is 1. The summed E-state index contributed by atoms with van der Waals surface area (Å²) < 4.78 is 0. The van der Waals surface area contributed by atoms with Crippen LogP contribution in [0.3, 0.4) is 0 Å². The molecule has 1 N–H and O–H groups in total. The molecule has 0 aromatic heterocycles. The Morgan fingerprint density at radius 3 is 2.68 bits per heavy atom. The van der Waals surface area contributed by atoms with Gasteiger partial charge >= 0.3 is 0 Å². The fourth-order valence-electron chi connectivity index (χ4n) is 2.01. The number of benzene rings is 1. The molecule has 1 aliphatic rings. The molecule has 0 spiro atoms. The average Bonchev–Trinajstić information content (AvgIpc) is 2.83. The maximum atomic E-state index is 5.91. The third-order valence-corrected chi connectivity index (χ3v) is 3.26. The molecular weight excluding hydrogens is 262 g/mol. The van der Waals surface area contributed by atoms with E-state index in [1.165, 1.54) is 0 Å². The van der Waals surface area contributed by atoms with Crippen LogP contribution < -0.4 is 5.32 Å². The standard InChI is InChI=1S/C14H20ClN3O/c1-3-16-10-9-13-17-14(18(4-2)19-13)11-5-7-12(15)8-6-11/h5-8,14,16H,3-4,9-10H2,1-2H3/t14-/m1/s1. The first-order chi connectivity index (χ1) is 9.24. The molecule has 1 heterocycles. The summed E-state index contributed by atoms with van der Waals surface area (Å²) in [5, 5.41) is 5.90. The predicted molar refractivity (Wildman–Crippen MR) is 78.3 cm³/mol. The van der Waals surface area contributed by atoms with Gasteiger partial charge in [-0.05, 0) is 31.2 Å². The summed E-state index contributed by atoms with van der Waals surface area (Å²) >= 11 is 5.91. The largest absolute Gasteiger partial charge is 0.388 e. The van der Waals surface area contributed by atoms with Gasteiger partial charge in [-0.15, -0.1) is 5.06 Å². The molecule has 0 saturated carbocycles. The number of hydrogen-bond donors (Lipinski definition) is 1. The second-order valence-electron chi connectivity index (χ2n) is 4.38. The molecule has 2 rings (SSSR count). The zero-order chi connectivity index (χ0) is 13.7. The SMILES string of the molecule is CCNCCC1=N[C@@H](c2ccc(Cl)cc2)N(CC)O1. The second-order valence-corrected chi connectivity index (χ2v) is 4.81. The van der Waals surface area contributed by atoms with Crippen molar-refractivity contribution in [1.82, 2.24) is 10.4 Å². The van der Waals surface area contributed by atoms with E-state index < -0.39 is 0 Å². The van der Waals surface area contributed by atoms with Crippen LogP contribution in [0, 0.1) is 0 Å². The molecule has 0 aliphatic carbocycles. The molecule has 0 radical (unpaired) electrons. The maximum absolute atomic E-state index is 5.91. The van der Waals surface area contributed by atoms with Crippen LogP contribution in [0.4, 0.5) is 0 Å². The Labute approximate surface area is 119 Å². The minimum absolute atomic E-state index is 0.0566. The van der Waals surface area contributed by atoms with E-state index in [0.717, 1.165) is 42.5 Å². The van der Waals surface area contributed by atoms with Crippen LogP contribution in [0.2, 0.25) is 5.02 Å². The number of nitrogens with one attached hydrogen (secondary N) is 1. The summed E-state index contributed by atoms with van der Waals surface area (Å²) in [6, 6.07) is 7.76. The van der Waals surface area contributed by atoms with Crippen LogP contribution in [0.25, 0.3) is 0 Å². The zero-order valence-electron chi connectivity index (χ0n) is 11.4. The third-order valence-electron chi connectivity index (χ3n) is 3.01. The zero-order valence-corrected chi connectivity index (χ0v) is 12.2. The quantitative estimate of drug-likeness (QED) is 0.815. The molecule has 0 unspecified atom stereocenters. The molecule has 1 atom stereocenters. The van der Waals surface area contributed by atoms with Gasteiger partial charge in [0, 0.05) is 24.5 Å². The molecule has 0 saturated heterocycles. The summed E-state index contributed by atoms with van der Waals surface area (Å²) in [5.74, 6) is 0.794. The third kappa shape index (κ3) is 3.69. The summed E-state index contributed by atoms with van der Waals surface area (Å²) in [6.45, 7) is 6.80. The van der Waals surface area contributed by atoms with E-state index in [9.17, 15) is 0 Å². The van der Waals surface area contributed by atoms with E-state index in [2.05, 4.69) is 24.2 Å². The molecule has 19 heavy (non-hydrogen) atoms. The second kappa shape index (κ2) is 6.89. The van der Waals surface area contributed by atoms with Gasteiger partial charge in [0.25, 0.3) is 0 Å². The van der Waals surface area contributed by atoms with E-state index in [1.807, 2.05) is 29.3 Å². The average molecular weight is 282 g/mol. The van der Waals surface area contributed by atoms with Crippen molar-refractivity contribution in [2.24, 2.45) is 4.99 Å². The van der Waals surface area contributed by atoms with E-state index in [-0.39, 0.29) is 6.17 Å². The van der Waals surface area contributed by atoms with Crippen molar-refractivity contribution in [3.63, 3.8) is 0 Å². The van der Waals surface area contributed by atoms with Gasteiger partial charge in [0.2, 0.25) is 5.90 Å². The van der Waals surface area contributed by atoms with Crippen molar-refractivity contribution in [2.45, 2.75) is 26.4 Å². The van der Waals surface area contributed by atoms with Crippen LogP contribution in [-0.4, -0.2) is 30.6 Å². The van der Waals surface area contributed by atoms with Crippen molar-refractivity contribution in [1.29, 1.82) is 0 Å². The number of hydrogen-bond acceptors (Lipinski definition) is 4. The van der Waals surface area contributed by atoms with Crippen LogP contribution in [0.15, 0.2) is 29.3 Å². The van der Waals surface area contributed by atoms with Crippen molar-refractivity contribution >= 4 is 17.5 Å². The molecule has 5 heteroatoms. The lowest BCUT2D eigenvalue weighted by Gasteiger charge is -2.19. The summed E-state index contributed by atoms with van der Waals surface area (Å²) in [7, 11) is 0. The van der Waals surface area contributed by atoms with E-state index in [0.29, 0.717) is 0 Å². The molecular formula is C14H20ClN3O. The molecule has 1 aromatic carbocycles. The summed E-state index contributed by atoms with van der Waals surface area (Å²) in [4.78, 5) is 10.4. The first kappa shape index (κ1) is 14.3. The first-order valence-corrected chi connectivity index (χ1v) is 7.09. The summed E-state index contributed by atoms with van der Waals surface area (Å²) in [5.41, 5.74) is 1.10. The molecule has 0 amide bonds. The smallest absolute Gasteiger partial charge is 0.213 e. The lowest BCUT2D eigenvalue weighted by Crippen LogP contribution is -2.24. The Kier molecular flexibility index (Phi) is 5.19. The van der Waals surface area contributed by atoms with Crippen LogP contribution in [0.1, 0.15) is 32.0 Å². The highest BCUT2D eigenvalue weighted by Gasteiger charge is 2.28. The van der Waals surface area contributed by atoms with Crippen molar-refractivity contribution in [2.75, 3.05) is 19.6 Å². The highest BCUT2D eigenvalue weighted by molar-refractivity contribution is 6.30. The van der Waals surface area contributed by atoms with Gasteiger partial charge in [-0.1, -0.05) is 30.7 Å². The Morgan fingerprint density at radius 2 is 2.05 bits per heavy atom. The molecule has 1 aliphatic heterocycles. The molecule has 0 bridgehead atoms. The monoisotopic (exact) mass is 281 g/mol. The number of hydroxylamine groups is 2. The van der Waals surface area contributed by atoms with E-state index >= 15 is 0 Å². The summed E-state index contributed by atoms with van der Waals surface area (Å²) in [6.07, 6.45) is 0.757. The topological polar surface area (TPSA) is 36.9 Å². The predicted octanol–water partition coefficient (Wildman–Crippen LogP) is 3.00. The molecule has 0 fully saturated rings. The van der Waals surface area contributed by atoms with Crippen LogP contribution in [-0.2, 0) is 4.84 Å². The number of nitrogens with zero attached hydrogens (tertiary/aromatic N) is 2. The van der Waals surface area contributed by atoms with Crippen LogP contribution in [0.5, 0.6) is 0 Å². The van der Waals surface area contributed by atoms with Gasteiger partial charge in [-0.25, -0.2) is 4.99 Å². The van der Waals surface area contributed by atoms with Gasteiger partial charge < -0.3 is 10.2 Å². The van der Waals surface area contributed by atoms with Crippen molar-refractivity contribution < 1.29 is 4.84 Å². The Bertz CT molecular complexity index is 433. The van der Waals surface area contributed by atoms with E-state index in [4.69, 9.17) is 16.4 Å². The van der Waals surface area contributed by atoms with E-state index in [1.54, 1.807) is 0 Å². The first-order valence-electron chi connectivity index (χ1n) is 6.72. The molecule has 104 valence electrons. The Balaban J connectivity index is 2.06.